The molecule has 1 aliphatic carbocycles. The first-order valence-electron chi connectivity index (χ1n) is 17.2. The lowest BCUT2D eigenvalue weighted by Crippen LogP contribution is -2.48. The fourth-order valence-electron chi connectivity index (χ4n) is 6.70. The molecule has 0 spiro atoms. The minimum atomic E-state index is -0.779. The molecule has 3 amide bonds. The van der Waals surface area contributed by atoms with Gasteiger partial charge in [-0.2, -0.15) is 5.21 Å². The molecule has 2 aliphatic rings. The van der Waals surface area contributed by atoms with E-state index in [9.17, 15) is 14.4 Å². The molecule has 1 saturated carbocycles. The molecule has 6 rings (SSSR count). The minimum Gasteiger partial charge on any atom is -0.344 e. The highest BCUT2D eigenvalue weighted by atomic mass is 16.2. The summed E-state index contributed by atoms with van der Waals surface area (Å²) in [6.45, 7) is 4.36. The number of aromatic nitrogens is 4. The second kappa shape index (κ2) is 16.0. The third-order valence-electron chi connectivity index (χ3n) is 9.87. The molecule has 3 aromatic carbocycles. The molecule has 12 heteroatoms. The fraction of sp³-hybridized carbons (Fsp3) is 0.405. The number of benzene rings is 3. The predicted molar refractivity (Wildman–Crippen MR) is 189 cm³/mol. The van der Waals surface area contributed by atoms with Gasteiger partial charge in [-0.15, -0.1) is 10.2 Å². The lowest BCUT2D eigenvalue weighted by Gasteiger charge is -2.28. The van der Waals surface area contributed by atoms with Crippen LogP contribution in [0, 0.1) is 24.7 Å². The van der Waals surface area contributed by atoms with E-state index in [2.05, 4.69) is 41.9 Å². The highest BCUT2D eigenvalue weighted by Gasteiger charge is 2.29. The number of amides is 3. The zero-order valence-electron chi connectivity index (χ0n) is 27.9. The van der Waals surface area contributed by atoms with E-state index in [0.29, 0.717) is 30.4 Å². The van der Waals surface area contributed by atoms with Gasteiger partial charge in [0.25, 0.3) is 0 Å². The number of piperidine rings is 1. The van der Waals surface area contributed by atoms with E-state index < -0.39 is 6.04 Å². The first-order chi connectivity index (χ1) is 23.9. The number of carbonyl (C=O) groups is 3. The van der Waals surface area contributed by atoms with E-state index in [-0.39, 0.29) is 29.6 Å². The average molecular weight is 664 g/mol. The second-order valence-electron chi connectivity index (χ2n) is 13.3. The predicted octanol–water partition coefficient (Wildman–Crippen LogP) is 4.21. The van der Waals surface area contributed by atoms with Gasteiger partial charge in [0.1, 0.15) is 6.04 Å². The maximum absolute atomic E-state index is 13.7. The Balaban J connectivity index is 1.15. The van der Waals surface area contributed by atoms with Gasteiger partial charge in [-0.3, -0.25) is 14.4 Å². The molecule has 12 nitrogen and oxygen atoms in total. The third kappa shape index (κ3) is 8.76. The van der Waals surface area contributed by atoms with Crippen LogP contribution in [0.15, 0.2) is 66.7 Å². The first-order valence-corrected chi connectivity index (χ1v) is 17.2. The van der Waals surface area contributed by atoms with Crippen molar-refractivity contribution in [2.24, 2.45) is 23.5 Å². The Morgan fingerprint density at radius 1 is 0.816 bits per heavy atom. The van der Waals surface area contributed by atoms with E-state index in [1.54, 1.807) is 24.3 Å². The molecular weight excluding hydrogens is 618 g/mol. The molecule has 0 unspecified atom stereocenters. The molecule has 1 atom stereocenters. The van der Waals surface area contributed by atoms with E-state index in [1.807, 2.05) is 49.4 Å². The van der Waals surface area contributed by atoms with E-state index in [1.165, 1.54) is 0 Å². The molecule has 7 N–H and O–H groups in total. The topological polar surface area (TPSA) is 180 Å². The Hall–Kier alpha value is -4.94. The van der Waals surface area contributed by atoms with Crippen LogP contribution >= 0.6 is 0 Å². The zero-order valence-corrected chi connectivity index (χ0v) is 27.9. The summed E-state index contributed by atoms with van der Waals surface area (Å²) in [5, 5.41) is 26.5. The number of hydrogen-bond donors (Lipinski definition) is 6. The van der Waals surface area contributed by atoms with Crippen molar-refractivity contribution in [3.63, 3.8) is 0 Å². The van der Waals surface area contributed by atoms with Crippen LogP contribution in [0.4, 0.5) is 11.4 Å². The quantitative estimate of drug-likeness (QED) is 0.138. The molecule has 1 saturated heterocycles. The number of H-pyrrole nitrogens is 1. The molecule has 49 heavy (non-hydrogen) atoms. The van der Waals surface area contributed by atoms with Gasteiger partial charge in [0.05, 0.1) is 0 Å². The van der Waals surface area contributed by atoms with E-state index in [0.717, 1.165) is 85.1 Å². The summed E-state index contributed by atoms with van der Waals surface area (Å²) in [7, 11) is 0. The maximum atomic E-state index is 13.7. The third-order valence-corrected chi connectivity index (χ3v) is 9.87. The molecule has 1 aliphatic heterocycles. The lowest BCUT2D eigenvalue weighted by molar-refractivity contribution is -0.130. The van der Waals surface area contributed by atoms with Gasteiger partial charge >= 0.3 is 0 Å². The van der Waals surface area contributed by atoms with Crippen LogP contribution in [-0.2, 0) is 20.8 Å². The van der Waals surface area contributed by atoms with Crippen molar-refractivity contribution in [2.75, 3.05) is 30.3 Å². The smallest absolute Gasteiger partial charge is 0.247 e. The summed E-state index contributed by atoms with van der Waals surface area (Å²) in [5.74, 6) is 0.462. The monoisotopic (exact) mass is 663 g/mol. The van der Waals surface area contributed by atoms with E-state index in [4.69, 9.17) is 5.73 Å². The summed E-state index contributed by atoms with van der Waals surface area (Å²) >= 11 is 0. The van der Waals surface area contributed by atoms with Crippen LogP contribution in [0.25, 0.3) is 22.5 Å². The molecule has 256 valence electrons. The molecule has 0 bridgehead atoms. The number of rotatable bonds is 11. The van der Waals surface area contributed by atoms with Crippen molar-refractivity contribution < 1.29 is 14.4 Å². The summed E-state index contributed by atoms with van der Waals surface area (Å²) < 4.78 is 0. The van der Waals surface area contributed by atoms with Crippen molar-refractivity contribution in [3.8, 4) is 22.5 Å². The van der Waals surface area contributed by atoms with E-state index >= 15 is 0 Å². The van der Waals surface area contributed by atoms with Gasteiger partial charge in [-0.25, -0.2) is 0 Å². The van der Waals surface area contributed by atoms with Crippen LogP contribution in [0.1, 0.15) is 49.7 Å². The maximum Gasteiger partial charge on any atom is 0.247 e. The fourth-order valence-corrected chi connectivity index (χ4v) is 6.70. The highest BCUT2D eigenvalue weighted by Crippen LogP contribution is 2.29. The molecule has 2 heterocycles. The Morgan fingerprint density at radius 3 is 2.16 bits per heavy atom. The van der Waals surface area contributed by atoms with Gasteiger partial charge in [0.2, 0.25) is 23.5 Å². The van der Waals surface area contributed by atoms with Crippen molar-refractivity contribution in [3.05, 3.63) is 77.9 Å². The van der Waals surface area contributed by atoms with Crippen molar-refractivity contribution in [1.82, 2.24) is 31.3 Å². The number of nitrogens with two attached hydrogens (primary N) is 1. The second-order valence-corrected chi connectivity index (χ2v) is 13.3. The molecule has 1 aromatic heterocycles. The summed E-state index contributed by atoms with van der Waals surface area (Å²) in [6.07, 6.45) is 5.38. The van der Waals surface area contributed by atoms with Gasteiger partial charge in [0, 0.05) is 35.2 Å². The number of carbonyl (C=O) groups excluding carboxylic acids is 3. The Kier molecular flexibility index (Phi) is 11.1. The first kappa shape index (κ1) is 33.9. The van der Waals surface area contributed by atoms with Gasteiger partial charge in [-0.05, 0) is 129 Å². The number of aromatic amines is 1. The van der Waals surface area contributed by atoms with Crippen LogP contribution < -0.4 is 27.0 Å². The van der Waals surface area contributed by atoms with Gasteiger partial charge in [0.15, 0.2) is 0 Å². The molecule has 0 radical (unpaired) electrons. The highest BCUT2D eigenvalue weighted by molar-refractivity contribution is 5.98. The molecule has 4 aromatic rings. The number of anilines is 2. The number of aryl methyl sites for hydroxylation is 1. The largest absolute Gasteiger partial charge is 0.344 e. The molecule has 2 fully saturated rings. The van der Waals surface area contributed by atoms with Gasteiger partial charge in [-0.1, -0.05) is 36.4 Å². The normalized spacial score (nSPS) is 18.7. The molecular formula is C37H45N9O3. The SMILES string of the molecule is Cc1ccc(-c2ccc(C[C@H](NC(=O)C3CCC(CN)CC3)C(=O)Nc3ccc(-c4nn[nH]n4)cc3)cc2)cc1NC(=O)C1CCNCC1. The van der Waals surface area contributed by atoms with Crippen LogP contribution in [0.5, 0.6) is 0 Å². The van der Waals surface area contributed by atoms with Gasteiger partial charge < -0.3 is 27.0 Å². The zero-order chi connectivity index (χ0) is 34.2. The summed E-state index contributed by atoms with van der Waals surface area (Å²) in [6, 6.07) is 20.5. The summed E-state index contributed by atoms with van der Waals surface area (Å²) in [5.41, 5.74) is 11.9. The standard InChI is InChI=1S/C37H45N9O3/c1-23-2-7-30(21-32(23)41-36(48)29-16-18-39-19-17-29)26-8-3-24(4-9-26)20-33(42-35(47)28-10-5-25(22-38)6-11-28)37(49)40-31-14-12-27(13-15-31)34-43-45-46-44-34/h2-4,7-9,12-15,21,25,28-29,33,39H,5-6,10-11,16-20,22,38H2,1H3,(H,40,49)(H,41,48)(H,42,47)(H,43,44,45,46)/t25?,28?,33-/m0/s1. The number of hydrogen-bond acceptors (Lipinski definition) is 8. The number of tetrazole rings is 1. The van der Waals surface area contributed by atoms with Crippen LogP contribution in [0.2, 0.25) is 0 Å². The minimum absolute atomic E-state index is 0.0197. The van der Waals surface area contributed by atoms with Crippen molar-refractivity contribution >= 4 is 29.1 Å². The Morgan fingerprint density at radius 2 is 1.49 bits per heavy atom. The van der Waals surface area contributed by atoms with Crippen LogP contribution in [-0.4, -0.2) is 64.0 Å². The Labute approximate surface area is 286 Å². The van der Waals surface area contributed by atoms with Crippen LogP contribution in [0.3, 0.4) is 0 Å². The summed E-state index contributed by atoms with van der Waals surface area (Å²) in [4.78, 5) is 40.1. The number of nitrogens with zero attached hydrogens (tertiary/aromatic N) is 3. The Bertz CT molecular complexity index is 1710. The lowest BCUT2D eigenvalue weighted by atomic mass is 9.81. The van der Waals surface area contributed by atoms with Crippen molar-refractivity contribution in [1.29, 1.82) is 0 Å². The van der Waals surface area contributed by atoms with Crippen molar-refractivity contribution in [2.45, 2.75) is 57.9 Å². The average Bonchev–Trinajstić information content (AvgIpc) is 3.69. The number of nitrogens with one attached hydrogen (secondary N) is 5.